The standard InChI is InChI=1S/C15H30/c1-4-8-14-9-7-12-15(13-14,10-5-2)11-6-3/h14H,4-13H2,1-3H3. The van der Waals surface area contributed by atoms with E-state index >= 15 is 0 Å². The van der Waals surface area contributed by atoms with Crippen molar-refractivity contribution in [3.63, 3.8) is 0 Å². The molecular weight excluding hydrogens is 180 g/mol. The van der Waals surface area contributed by atoms with Gasteiger partial charge in [0.2, 0.25) is 0 Å². The van der Waals surface area contributed by atoms with E-state index in [0.717, 1.165) is 11.3 Å². The average molecular weight is 210 g/mol. The molecule has 1 aliphatic rings. The summed E-state index contributed by atoms with van der Waals surface area (Å²) < 4.78 is 0. The van der Waals surface area contributed by atoms with Crippen molar-refractivity contribution >= 4 is 0 Å². The van der Waals surface area contributed by atoms with Crippen molar-refractivity contribution in [3.05, 3.63) is 0 Å². The third kappa shape index (κ3) is 3.81. The SMILES string of the molecule is CCCC1CCCC(CCC)(CCC)C1. The molecule has 0 nitrogen and oxygen atoms in total. The molecule has 0 spiro atoms. The molecule has 0 N–H and O–H groups in total. The summed E-state index contributed by atoms with van der Waals surface area (Å²) in [7, 11) is 0. The predicted octanol–water partition coefficient (Wildman–Crippen LogP) is 5.56. The fourth-order valence-electron chi connectivity index (χ4n) is 3.88. The van der Waals surface area contributed by atoms with Crippen LogP contribution >= 0.6 is 0 Å². The second-order valence-electron chi connectivity index (χ2n) is 5.75. The van der Waals surface area contributed by atoms with Gasteiger partial charge in [0.1, 0.15) is 0 Å². The molecule has 0 bridgehead atoms. The maximum absolute atomic E-state index is 2.36. The topological polar surface area (TPSA) is 0 Å². The highest BCUT2D eigenvalue weighted by molar-refractivity contribution is 4.85. The Balaban J connectivity index is 2.53. The van der Waals surface area contributed by atoms with Gasteiger partial charge >= 0.3 is 0 Å². The normalized spacial score (nSPS) is 25.4. The molecule has 15 heavy (non-hydrogen) atoms. The number of hydrogen-bond acceptors (Lipinski definition) is 0. The summed E-state index contributed by atoms with van der Waals surface area (Å²) in [5, 5.41) is 0. The third-order valence-corrected chi connectivity index (χ3v) is 4.30. The Kier molecular flexibility index (Phi) is 5.71. The van der Waals surface area contributed by atoms with Gasteiger partial charge in [-0.05, 0) is 37.0 Å². The van der Waals surface area contributed by atoms with Crippen LogP contribution in [0.2, 0.25) is 0 Å². The fourth-order valence-corrected chi connectivity index (χ4v) is 3.88. The van der Waals surface area contributed by atoms with Crippen LogP contribution < -0.4 is 0 Å². The highest BCUT2D eigenvalue weighted by Crippen LogP contribution is 2.47. The maximum atomic E-state index is 2.36. The Bertz CT molecular complexity index is 146. The van der Waals surface area contributed by atoms with Crippen molar-refractivity contribution in [2.24, 2.45) is 11.3 Å². The molecule has 0 aromatic heterocycles. The molecule has 0 heteroatoms. The highest BCUT2D eigenvalue weighted by Gasteiger charge is 2.34. The Morgan fingerprint density at radius 2 is 1.67 bits per heavy atom. The van der Waals surface area contributed by atoms with E-state index in [4.69, 9.17) is 0 Å². The maximum Gasteiger partial charge on any atom is -0.0295 e. The molecule has 0 saturated heterocycles. The Morgan fingerprint density at radius 3 is 2.20 bits per heavy atom. The highest BCUT2D eigenvalue weighted by atomic mass is 14.4. The van der Waals surface area contributed by atoms with E-state index < -0.39 is 0 Å². The van der Waals surface area contributed by atoms with Crippen LogP contribution in [0.5, 0.6) is 0 Å². The van der Waals surface area contributed by atoms with Gasteiger partial charge in [0.05, 0.1) is 0 Å². The molecule has 1 fully saturated rings. The van der Waals surface area contributed by atoms with Crippen LogP contribution in [0.25, 0.3) is 0 Å². The van der Waals surface area contributed by atoms with E-state index in [2.05, 4.69) is 20.8 Å². The second-order valence-corrected chi connectivity index (χ2v) is 5.75. The van der Waals surface area contributed by atoms with Gasteiger partial charge < -0.3 is 0 Å². The zero-order valence-electron chi connectivity index (χ0n) is 11.1. The summed E-state index contributed by atoms with van der Waals surface area (Å²) >= 11 is 0. The largest absolute Gasteiger partial charge is 0.0654 e. The van der Waals surface area contributed by atoms with Crippen LogP contribution in [0.1, 0.15) is 85.0 Å². The Hall–Kier alpha value is 0. The zero-order valence-corrected chi connectivity index (χ0v) is 11.1. The minimum atomic E-state index is 0.752. The van der Waals surface area contributed by atoms with E-state index in [1.165, 1.54) is 57.8 Å². The van der Waals surface area contributed by atoms with Gasteiger partial charge in [-0.15, -0.1) is 0 Å². The summed E-state index contributed by atoms with van der Waals surface area (Å²) in [5.41, 5.74) is 0.752. The van der Waals surface area contributed by atoms with Crippen molar-refractivity contribution in [1.82, 2.24) is 0 Å². The van der Waals surface area contributed by atoms with Gasteiger partial charge in [-0.25, -0.2) is 0 Å². The molecule has 1 aliphatic carbocycles. The second kappa shape index (κ2) is 6.55. The summed E-state index contributed by atoms with van der Waals surface area (Å²) in [5.74, 6) is 1.06. The lowest BCUT2D eigenvalue weighted by Crippen LogP contribution is -2.28. The Labute approximate surface area is 96.8 Å². The monoisotopic (exact) mass is 210 g/mol. The number of hydrogen-bond donors (Lipinski definition) is 0. The van der Waals surface area contributed by atoms with Crippen LogP contribution in [-0.2, 0) is 0 Å². The molecule has 0 heterocycles. The molecule has 1 unspecified atom stereocenters. The van der Waals surface area contributed by atoms with Crippen LogP contribution in [0.3, 0.4) is 0 Å². The van der Waals surface area contributed by atoms with Crippen molar-refractivity contribution in [2.45, 2.75) is 85.0 Å². The fraction of sp³-hybridized carbons (Fsp3) is 1.00. The van der Waals surface area contributed by atoms with Gasteiger partial charge in [0.15, 0.2) is 0 Å². The zero-order chi connectivity index (χ0) is 11.1. The van der Waals surface area contributed by atoms with E-state index in [1.807, 2.05) is 0 Å². The van der Waals surface area contributed by atoms with Crippen LogP contribution in [0.4, 0.5) is 0 Å². The summed E-state index contributed by atoms with van der Waals surface area (Å²) in [4.78, 5) is 0. The first kappa shape index (κ1) is 13.1. The van der Waals surface area contributed by atoms with Crippen molar-refractivity contribution in [1.29, 1.82) is 0 Å². The first-order valence-corrected chi connectivity index (χ1v) is 7.26. The minimum Gasteiger partial charge on any atom is -0.0654 e. The van der Waals surface area contributed by atoms with Gasteiger partial charge in [-0.2, -0.15) is 0 Å². The molecule has 90 valence electrons. The molecule has 0 aromatic rings. The first-order chi connectivity index (χ1) is 7.26. The third-order valence-electron chi connectivity index (χ3n) is 4.30. The lowest BCUT2D eigenvalue weighted by Gasteiger charge is -2.41. The predicted molar refractivity (Wildman–Crippen MR) is 69.1 cm³/mol. The molecule has 0 aliphatic heterocycles. The lowest BCUT2D eigenvalue weighted by atomic mass is 9.64. The van der Waals surface area contributed by atoms with Gasteiger partial charge in [-0.1, -0.05) is 59.3 Å². The van der Waals surface area contributed by atoms with Gasteiger partial charge in [0, 0.05) is 0 Å². The van der Waals surface area contributed by atoms with Crippen LogP contribution in [-0.4, -0.2) is 0 Å². The Morgan fingerprint density at radius 1 is 1.00 bits per heavy atom. The van der Waals surface area contributed by atoms with Gasteiger partial charge in [0.25, 0.3) is 0 Å². The summed E-state index contributed by atoms with van der Waals surface area (Å²) in [6.45, 7) is 7.07. The molecule has 1 rings (SSSR count). The molecule has 0 radical (unpaired) electrons. The van der Waals surface area contributed by atoms with E-state index in [-0.39, 0.29) is 0 Å². The van der Waals surface area contributed by atoms with E-state index in [1.54, 1.807) is 6.42 Å². The average Bonchev–Trinajstić information content (AvgIpc) is 2.19. The van der Waals surface area contributed by atoms with Crippen molar-refractivity contribution < 1.29 is 0 Å². The lowest BCUT2D eigenvalue weighted by molar-refractivity contribution is 0.106. The number of rotatable bonds is 6. The van der Waals surface area contributed by atoms with E-state index in [9.17, 15) is 0 Å². The summed E-state index contributed by atoms with van der Waals surface area (Å²) in [6.07, 6.45) is 14.7. The first-order valence-electron chi connectivity index (χ1n) is 7.26. The molecule has 0 amide bonds. The molecule has 1 saturated carbocycles. The minimum absolute atomic E-state index is 0.752. The van der Waals surface area contributed by atoms with Crippen molar-refractivity contribution in [3.8, 4) is 0 Å². The molecule has 1 atom stereocenters. The van der Waals surface area contributed by atoms with E-state index in [0.29, 0.717) is 0 Å². The van der Waals surface area contributed by atoms with Crippen LogP contribution in [0, 0.1) is 11.3 Å². The van der Waals surface area contributed by atoms with Crippen LogP contribution in [0.15, 0.2) is 0 Å². The van der Waals surface area contributed by atoms with Gasteiger partial charge in [-0.3, -0.25) is 0 Å². The summed E-state index contributed by atoms with van der Waals surface area (Å²) in [6, 6.07) is 0. The molecule has 0 aromatic carbocycles. The smallest absolute Gasteiger partial charge is 0.0295 e. The van der Waals surface area contributed by atoms with Crippen molar-refractivity contribution in [2.75, 3.05) is 0 Å². The quantitative estimate of drug-likeness (QED) is 0.538. The molecular formula is C15H30.